The van der Waals surface area contributed by atoms with Crippen molar-refractivity contribution in [3.8, 4) is 17.0 Å². The standard InChI is InChI=1S/C30H27FN4O3S/c31-22-9-6-12-26(37)28(22)25(36)11-3-1-2-10-23(35-30(38)27-17-32-18-39-27)29-33-16-24(34-29)21-14-13-19-7-4-5-8-20(19)15-21/h4-9,12-18,23,37H,1-3,10-11H2,(H,33,34)(H,35,38)/t23-/m0/s1. The Labute approximate surface area is 228 Å². The van der Waals surface area contributed by atoms with Crippen LogP contribution in [0.4, 0.5) is 4.39 Å². The highest BCUT2D eigenvalue weighted by Crippen LogP contribution is 2.27. The van der Waals surface area contributed by atoms with Crippen LogP contribution in [0.1, 0.15) is 64.0 Å². The number of H-pyrrole nitrogens is 1. The summed E-state index contributed by atoms with van der Waals surface area (Å²) in [7, 11) is 0. The molecule has 7 nitrogen and oxygen atoms in total. The number of halogens is 1. The van der Waals surface area contributed by atoms with Crippen molar-refractivity contribution in [3.05, 3.63) is 101 Å². The average Bonchev–Trinajstić information content (AvgIpc) is 3.65. The van der Waals surface area contributed by atoms with Gasteiger partial charge in [-0.05, 0) is 41.8 Å². The van der Waals surface area contributed by atoms with Crippen molar-refractivity contribution in [2.75, 3.05) is 0 Å². The van der Waals surface area contributed by atoms with Crippen LogP contribution in [-0.4, -0.2) is 31.7 Å². The summed E-state index contributed by atoms with van der Waals surface area (Å²) in [6.45, 7) is 0. The van der Waals surface area contributed by atoms with Crippen LogP contribution >= 0.6 is 11.3 Å². The normalized spacial score (nSPS) is 11.9. The maximum atomic E-state index is 14.0. The average molecular weight is 543 g/mol. The molecule has 0 aliphatic carbocycles. The Morgan fingerprint density at radius 2 is 1.85 bits per heavy atom. The van der Waals surface area contributed by atoms with E-state index in [1.54, 1.807) is 11.7 Å². The highest BCUT2D eigenvalue weighted by molar-refractivity contribution is 7.11. The number of aromatic nitrogens is 3. The molecule has 0 radical (unpaired) electrons. The predicted octanol–water partition coefficient (Wildman–Crippen LogP) is 6.84. The summed E-state index contributed by atoms with van der Waals surface area (Å²) in [5, 5.41) is 15.2. The number of thiazole rings is 1. The lowest BCUT2D eigenvalue weighted by atomic mass is 10.0. The monoisotopic (exact) mass is 542 g/mol. The van der Waals surface area contributed by atoms with Gasteiger partial charge >= 0.3 is 0 Å². The van der Waals surface area contributed by atoms with Gasteiger partial charge in [0.25, 0.3) is 5.91 Å². The number of hydrogen-bond acceptors (Lipinski definition) is 6. The second-order valence-corrected chi connectivity index (χ2v) is 10.2. The Bertz CT molecular complexity index is 1580. The molecule has 3 N–H and O–H groups in total. The smallest absolute Gasteiger partial charge is 0.263 e. The molecule has 0 aliphatic heterocycles. The summed E-state index contributed by atoms with van der Waals surface area (Å²) in [4.78, 5) is 37.7. The lowest BCUT2D eigenvalue weighted by Gasteiger charge is -2.16. The van der Waals surface area contributed by atoms with Crippen LogP contribution < -0.4 is 5.32 Å². The van der Waals surface area contributed by atoms with Crippen LogP contribution in [0.5, 0.6) is 5.75 Å². The maximum Gasteiger partial charge on any atom is 0.263 e. The number of rotatable bonds is 11. The molecule has 0 aliphatic rings. The third-order valence-electron chi connectivity index (χ3n) is 6.61. The summed E-state index contributed by atoms with van der Waals surface area (Å²) >= 11 is 1.26. The number of Topliss-reactive ketones (excluding diaryl/α,β-unsaturated/α-hetero) is 1. The molecule has 0 unspecified atom stereocenters. The van der Waals surface area contributed by atoms with Crippen molar-refractivity contribution in [1.82, 2.24) is 20.3 Å². The summed E-state index contributed by atoms with van der Waals surface area (Å²) in [5.74, 6) is -1.07. The van der Waals surface area contributed by atoms with Gasteiger partial charge in [-0.25, -0.2) is 9.37 Å². The van der Waals surface area contributed by atoms with Gasteiger partial charge in [0.1, 0.15) is 22.3 Å². The van der Waals surface area contributed by atoms with E-state index in [9.17, 15) is 19.1 Å². The first-order valence-electron chi connectivity index (χ1n) is 12.7. The Morgan fingerprint density at radius 3 is 2.64 bits per heavy atom. The largest absolute Gasteiger partial charge is 0.507 e. The summed E-state index contributed by atoms with van der Waals surface area (Å²) in [6.07, 6.45) is 5.94. The zero-order valence-corrected chi connectivity index (χ0v) is 21.9. The molecule has 9 heteroatoms. The summed E-state index contributed by atoms with van der Waals surface area (Å²) < 4.78 is 14.0. The summed E-state index contributed by atoms with van der Waals surface area (Å²) in [6, 6.07) is 17.8. The first-order chi connectivity index (χ1) is 19.0. The molecule has 39 heavy (non-hydrogen) atoms. The van der Waals surface area contributed by atoms with E-state index in [2.05, 4.69) is 44.5 Å². The van der Waals surface area contributed by atoms with Crippen molar-refractivity contribution >= 4 is 33.8 Å². The van der Waals surface area contributed by atoms with Crippen molar-refractivity contribution in [2.24, 2.45) is 0 Å². The van der Waals surface area contributed by atoms with Gasteiger partial charge in [-0.15, -0.1) is 11.3 Å². The first-order valence-corrected chi connectivity index (χ1v) is 13.6. The number of amides is 1. The minimum Gasteiger partial charge on any atom is -0.507 e. The molecule has 3 aromatic carbocycles. The van der Waals surface area contributed by atoms with E-state index in [4.69, 9.17) is 0 Å². The maximum absolute atomic E-state index is 14.0. The van der Waals surface area contributed by atoms with Crippen LogP contribution in [0.15, 0.2) is 78.6 Å². The quantitative estimate of drug-likeness (QED) is 0.125. The zero-order valence-electron chi connectivity index (χ0n) is 21.1. The van der Waals surface area contributed by atoms with E-state index < -0.39 is 11.6 Å². The fourth-order valence-electron chi connectivity index (χ4n) is 4.58. The van der Waals surface area contributed by atoms with Crippen LogP contribution in [0.3, 0.4) is 0 Å². The Kier molecular flexibility index (Phi) is 8.07. The number of ketones is 1. The van der Waals surface area contributed by atoms with Crippen LogP contribution in [-0.2, 0) is 0 Å². The molecule has 0 bridgehead atoms. The number of imidazole rings is 1. The second-order valence-electron chi connectivity index (χ2n) is 9.29. The molecule has 5 rings (SSSR count). The first kappa shape index (κ1) is 26.2. The van der Waals surface area contributed by atoms with E-state index in [0.717, 1.165) is 22.0 Å². The van der Waals surface area contributed by atoms with E-state index in [-0.39, 0.29) is 29.7 Å². The number of aromatic hydroxyl groups is 1. The Morgan fingerprint density at radius 1 is 1.00 bits per heavy atom. The Balaban J connectivity index is 1.25. The zero-order chi connectivity index (χ0) is 27.2. The van der Waals surface area contributed by atoms with Crippen LogP contribution in [0, 0.1) is 5.82 Å². The number of aromatic amines is 1. The minimum atomic E-state index is -0.717. The van der Waals surface area contributed by atoms with E-state index in [1.165, 1.54) is 35.7 Å². The molecule has 198 valence electrons. The van der Waals surface area contributed by atoms with Crippen molar-refractivity contribution in [1.29, 1.82) is 0 Å². The van der Waals surface area contributed by atoms with E-state index in [1.807, 2.05) is 18.2 Å². The second kappa shape index (κ2) is 12.0. The molecule has 5 aromatic rings. The number of benzene rings is 3. The van der Waals surface area contributed by atoms with Gasteiger partial charge in [0.15, 0.2) is 5.78 Å². The molecular weight excluding hydrogens is 515 g/mol. The number of unbranched alkanes of at least 4 members (excludes halogenated alkanes) is 2. The minimum absolute atomic E-state index is 0.124. The lowest BCUT2D eigenvalue weighted by Crippen LogP contribution is -2.28. The molecule has 1 atom stereocenters. The SMILES string of the molecule is O=C(N[C@@H](CCCCCC(=O)c1c(O)cccc1F)c1ncc(-c2ccc3ccccc3c2)[nH]1)c1cncs1. The number of nitrogens with one attached hydrogen (secondary N) is 2. The van der Waals surface area contributed by atoms with Crippen LogP contribution in [0.2, 0.25) is 0 Å². The topological polar surface area (TPSA) is 108 Å². The van der Waals surface area contributed by atoms with Gasteiger partial charge < -0.3 is 15.4 Å². The van der Waals surface area contributed by atoms with Gasteiger partial charge in [-0.2, -0.15) is 0 Å². The van der Waals surface area contributed by atoms with Gasteiger partial charge in [0, 0.05) is 12.0 Å². The molecule has 0 spiro atoms. The van der Waals surface area contributed by atoms with Crippen molar-refractivity contribution in [2.45, 2.75) is 38.1 Å². The fraction of sp³-hybridized carbons (Fsp3) is 0.200. The van der Waals surface area contributed by atoms with Gasteiger partial charge in [-0.3, -0.25) is 14.6 Å². The summed E-state index contributed by atoms with van der Waals surface area (Å²) in [5.41, 5.74) is 3.20. The number of phenols is 1. The third kappa shape index (κ3) is 6.21. The van der Waals surface area contributed by atoms with Crippen LogP contribution in [0.25, 0.3) is 22.0 Å². The van der Waals surface area contributed by atoms with E-state index >= 15 is 0 Å². The lowest BCUT2D eigenvalue weighted by molar-refractivity contribution is 0.0935. The molecule has 1 amide bonds. The predicted molar refractivity (Wildman–Crippen MR) is 149 cm³/mol. The van der Waals surface area contributed by atoms with Crippen molar-refractivity contribution in [3.63, 3.8) is 0 Å². The fourth-order valence-corrected chi connectivity index (χ4v) is 5.10. The highest BCUT2D eigenvalue weighted by Gasteiger charge is 2.21. The number of phenolic OH excluding ortho intramolecular Hbond substituents is 1. The molecule has 2 heterocycles. The van der Waals surface area contributed by atoms with E-state index in [0.29, 0.717) is 36.4 Å². The Hall–Kier alpha value is -4.37. The highest BCUT2D eigenvalue weighted by atomic mass is 32.1. The molecular formula is C30H27FN4O3S. The number of fused-ring (bicyclic) bond motifs is 1. The number of carbonyl (C=O) groups excluding carboxylic acids is 2. The number of hydrogen-bond donors (Lipinski definition) is 3. The van der Waals surface area contributed by atoms with Gasteiger partial charge in [-0.1, -0.05) is 55.3 Å². The molecule has 2 aromatic heterocycles. The van der Waals surface area contributed by atoms with Crippen molar-refractivity contribution < 1.29 is 19.1 Å². The van der Waals surface area contributed by atoms with Gasteiger partial charge in [0.2, 0.25) is 0 Å². The number of nitrogens with zero attached hydrogens (tertiary/aromatic N) is 2. The number of carbonyl (C=O) groups is 2. The molecule has 0 saturated heterocycles. The molecule has 0 saturated carbocycles. The molecule has 0 fully saturated rings. The third-order valence-corrected chi connectivity index (χ3v) is 7.39. The van der Waals surface area contributed by atoms with Gasteiger partial charge in [0.05, 0.1) is 35.2 Å².